The monoisotopic (exact) mass is 245 g/mol. The van der Waals surface area contributed by atoms with E-state index in [4.69, 9.17) is 10.8 Å². The van der Waals surface area contributed by atoms with Gasteiger partial charge >= 0.3 is 0 Å². The lowest BCUT2D eigenvalue weighted by Crippen LogP contribution is -2.53. The zero-order valence-electron chi connectivity index (χ0n) is 10.3. The third-order valence-corrected chi connectivity index (χ3v) is 3.17. The van der Waals surface area contributed by atoms with Crippen molar-refractivity contribution in [3.05, 3.63) is 0 Å². The molecule has 17 heavy (non-hydrogen) atoms. The summed E-state index contributed by atoms with van der Waals surface area (Å²) in [6, 6.07) is 0.190. The molecule has 1 fully saturated rings. The van der Waals surface area contributed by atoms with Gasteiger partial charge in [-0.05, 0) is 19.3 Å². The SMILES string of the molecule is CC(O)C1CC(NCCO)CN(CC(N)=O)C1. The molecule has 0 aliphatic carbocycles. The molecule has 0 aromatic heterocycles. The molecule has 6 heteroatoms. The third-order valence-electron chi connectivity index (χ3n) is 3.17. The molecule has 6 nitrogen and oxygen atoms in total. The van der Waals surface area contributed by atoms with Gasteiger partial charge in [-0.25, -0.2) is 0 Å². The number of likely N-dealkylation sites (tertiary alicyclic amines) is 1. The van der Waals surface area contributed by atoms with E-state index in [0.717, 1.165) is 13.0 Å². The minimum atomic E-state index is -0.399. The number of hydrogen-bond acceptors (Lipinski definition) is 5. The van der Waals surface area contributed by atoms with Gasteiger partial charge in [-0.3, -0.25) is 9.69 Å². The third kappa shape index (κ3) is 4.99. The molecule has 0 saturated carbocycles. The van der Waals surface area contributed by atoms with E-state index in [1.165, 1.54) is 0 Å². The normalized spacial score (nSPS) is 27.9. The Morgan fingerprint density at radius 1 is 1.59 bits per heavy atom. The average molecular weight is 245 g/mol. The lowest BCUT2D eigenvalue weighted by Gasteiger charge is -2.38. The molecule has 100 valence electrons. The van der Waals surface area contributed by atoms with Gasteiger partial charge in [-0.15, -0.1) is 0 Å². The summed E-state index contributed by atoms with van der Waals surface area (Å²) in [6.45, 7) is 4.03. The molecule has 3 unspecified atom stereocenters. The van der Waals surface area contributed by atoms with Gasteiger partial charge in [0.1, 0.15) is 0 Å². The Hall–Kier alpha value is -0.690. The van der Waals surface area contributed by atoms with Gasteiger partial charge in [0.05, 0.1) is 19.3 Å². The summed E-state index contributed by atoms with van der Waals surface area (Å²) < 4.78 is 0. The van der Waals surface area contributed by atoms with Gasteiger partial charge in [0.25, 0.3) is 0 Å². The van der Waals surface area contributed by atoms with Crippen LogP contribution in [0.15, 0.2) is 0 Å². The van der Waals surface area contributed by atoms with Gasteiger partial charge in [-0.2, -0.15) is 0 Å². The fourth-order valence-electron chi connectivity index (χ4n) is 2.35. The van der Waals surface area contributed by atoms with Crippen LogP contribution in [-0.2, 0) is 4.79 Å². The smallest absolute Gasteiger partial charge is 0.231 e. The van der Waals surface area contributed by atoms with Crippen molar-refractivity contribution in [2.24, 2.45) is 11.7 Å². The molecular formula is C11H23N3O3. The van der Waals surface area contributed by atoms with Gasteiger partial charge < -0.3 is 21.3 Å². The molecule has 1 heterocycles. The van der Waals surface area contributed by atoms with Crippen molar-refractivity contribution in [1.82, 2.24) is 10.2 Å². The number of piperidine rings is 1. The molecule has 0 radical (unpaired) electrons. The number of nitrogens with two attached hydrogens (primary N) is 1. The molecule has 1 aliphatic heterocycles. The number of primary amides is 1. The number of amides is 1. The van der Waals surface area contributed by atoms with E-state index < -0.39 is 6.10 Å². The van der Waals surface area contributed by atoms with Crippen LogP contribution in [-0.4, -0.2) is 66.0 Å². The van der Waals surface area contributed by atoms with Crippen LogP contribution in [0.5, 0.6) is 0 Å². The maximum absolute atomic E-state index is 10.9. The van der Waals surface area contributed by atoms with Gasteiger partial charge in [-0.1, -0.05) is 0 Å². The number of aliphatic hydroxyl groups is 2. The predicted octanol–water partition coefficient (Wildman–Crippen LogP) is -1.88. The summed E-state index contributed by atoms with van der Waals surface area (Å²) in [4.78, 5) is 12.9. The molecule has 1 rings (SSSR count). The molecule has 3 atom stereocenters. The number of hydrogen-bond donors (Lipinski definition) is 4. The lowest BCUT2D eigenvalue weighted by atomic mass is 9.90. The molecule has 5 N–H and O–H groups in total. The highest BCUT2D eigenvalue weighted by molar-refractivity contribution is 5.75. The Labute approximate surface area is 102 Å². The number of nitrogens with one attached hydrogen (secondary N) is 1. The summed E-state index contributed by atoms with van der Waals surface area (Å²) in [5.41, 5.74) is 5.19. The van der Waals surface area contributed by atoms with E-state index >= 15 is 0 Å². The average Bonchev–Trinajstić information content (AvgIpc) is 2.25. The maximum Gasteiger partial charge on any atom is 0.231 e. The van der Waals surface area contributed by atoms with Crippen molar-refractivity contribution in [3.8, 4) is 0 Å². The molecule has 0 spiro atoms. The molecule has 0 aromatic carbocycles. The topological polar surface area (TPSA) is 98.8 Å². The molecule has 1 saturated heterocycles. The molecule has 0 aromatic rings. The van der Waals surface area contributed by atoms with Crippen molar-refractivity contribution >= 4 is 5.91 Å². The Morgan fingerprint density at radius 2 is 2.29 bits per heavy atom. The number of carbonyl (C=O) groups excluding carboxylic acids is 1. The molecule has 1 amide bonds. The first kappa shape index (κ1) is 14.4. The van der Waals surface area contributed by atoms with Crippen molar-refractivity contribution in [1.29, 1.82) is 0 Å². The lowest BCUT2D eigenvalue weighted by molar-refractivity contribution is -0.120. The standard InChI is InChI=1S/C11H23N3O3/c1-8(16)9-4-10(13-2-3-15)6-14(5-9)7-11(12)17/h8-10,13,15-16H,2-7H2,1H3,(H2,12,17). The summed E-state index contributed by atoms with van der Waals surface area (Å²) in [6.07, 6.45) is 0.455. The van der Waals surface area contributed by atoms with Crippen molar-refractivity contribution in [2.75, 3.05) is 32.8 Å². The van der Waals surface area contributed by atoms with E-state index in [-0.39, 0.29) is 31.0 Å². The van der Waals surface area contributed by atoms with Crippen LogP contribution in [0, 0.1) is 5.92 Å². The first-order chi connectivity index (χ1) is 8.02. The van der Waals surface area contributed by atoms with Crippen LogP contribution in [0.1, 0.15) is 13.3 Å². The van der Waals surface area contributed by atoms with Crippen LogP contribution in [0.2, 0.25) is 0 Å². The Kier molecular flexibility index (Phi) is 5.84. The molecular weight excluding hydrogens is 222 g/mol. The quantitative estimate of drug-likeness (QED) is 0.439. The summed E-state index contributed by atoms with van der Waals surface area (Å²) in [7, 11) is 0. The van der Waals surface area contributed by atoms with E-state index in [2.05, 4.69) is 5.32 Å². The second-order valence-corrected chi connectivity index (χ2v) is 4.77. The first-order valence-electron chi connectivity index (χ1n) is 6.06. The largest absolute Gasteiger partial charge is 0.395 e. The van der Waals surface area contributed by atoms with Gasteiger partial charge in [0.2, 0.25) is 5.91 Å². The first-order valence-corrected chi connectivity index (χ1v) is 6.06. The van der Waals surface area contributed by atoms with E-state index in [1.807, 2.05) is 4.90 Å². The summed E-state index contributed by atoms with van der Waals surface area (Å²) in [5.74, 6) is -0.212. The Bertz CT molecular complexity index is 248. The van der Waals surface area contributed by atoms with Crippen LogP contribution in [0.4, 0.5) is 0 Å². The highest BCUT2D eigenvalue weighted by Gasteiger charge is 2.29. The van der Waals surface area contributed by atoms with Crippen LogP contribution < -0.4 is 11.1 Å². The van der Waals surface area contributed by atoms with Gasteiger partial charge in [0.15, 0.2) is 0 Å². The van der Waals surface area contributed by atoms with Gasteiger partial charge in [0, 0.05) is 25.7 Å². The zero-order valence-corrected chi connectivity index (χ0v) is 10.3. The minimum Gasteiger partial charge on any atom is -0.395 e. The Morgan fingerprint density at radius 3 is 2.82 bits per heavy atom. The molecule has 0 bridgehead atoms. The Balaban J connectivity index is 2.52. The second-order valence-electron chi connectivity index (χ2n) is 4.77. The van der Waals surface area contributed by atoms with Crippen molar-refractivity contribution in [3.63, 3.8) is 0 Å². The zero-order chi connectivity index (χ0) is 12.8. The second kappa shape index (κ2) is 6.90. The number of nitrogens with zero attached hydrogens (tertiary/aromatic N) is 1. The van der Waals surface area contributed by atoms with E-state index in [0.29, 0.717) is 13.1 Å². The van der Waals surface area contributed by atoms with Crippen LogP contribution >= 0.6 is 0 Å². The predicted molar refractivity (Wildman–Crippen MR) is 64.3 cm³/mol. The molecule has 1 aliphatic rings. The van der Waals surface area contributed by atoms with Crippen LogP contribution in [0.25, 0.3) is 0 Å². The summed E-state index contributed by atoms with van der Waals surface area (Å²) in [5, 5.41) is 21.6. The number of carbonyl (C=O) groups is 1. The number of aliphatic hydroxyl groups excluding tert-OH is 2. The maximum atomic E-state index is 10.9. The van der Waals surface area contributed by atoms with Crippen molar-refractivity contribution < 1.29 is 15.0 Å². The summed E-state index contributed by atoms with van der Waals surface area (Å²) >= 11 is 0. The van der Waals surface area contributed by atoms with Crippen LogP contribution in [0.3, 0.4) is 0 Å². The highest BCUT2D eigenvalue weighted by Crippen LogP contribution is 2.19. The fraction of sp³-hybridized carbons (Fsp3) is 0.909. The van der Waals surface area contributed by atoms with E-state index in [9.17, 15) is 9.90 Å². The van der Waals surface area contributed by atoms with E-state index in [1.54, 1.807) is 6.92 Å². The number of rotatable bonds is 6. The minimum absolute atomic E-state index is 0.0890. The highest BCUT2D eigenvalue weighted by atomic mass is 16.3. The fourth-order valence-corrected chi connectivity index (χ4v) is 2.35. The van der Waals surface area contributed by atoms with Crippen molar-refractivity contribution in [2.45, 2.75) is 25.5 Å².